The van der Waals surface area contributed by atoms with E-state index in [0.717, 1.165) is 6.42 Å². The summed E-state index contributed by atoms with van der Waals surface area (Å²) in [5.41, 5.74) is 5.65. The van der Waals surface area contributed by atoms with E-state index < -0.39 is 10.0 Å². The molecule has 1 aliphatic rings. The van der Waals surface area contributed by atoms with E-state index in [9.17, 15) is 8.42 Å². The summed E-state index contributed by atoms with van der Waals surface area (Å²) in [5, 5.41) is 0. The molecule has 1 saturated heterocycles. The van der Waals surface area contributed by atoms with E-state index in [1.165, 1.54) is 4.31 Å². The Morgan fingerprint density at radius 2 is 2.15 bits per heavy atom. The van der Waals surface area contributed by atoms with Crippen molar-refractivity contribution in [1.82, 2.24) is 4.31 Å². The van der Waals surface area contributed by atoms with Crippen LogP contribution < -0.4 is 5.73 Å². The van der Waals surface area contributed by atoms with Crippen LogP contribution in [-0.4, -0.2) is 37.6 Å². The van der Waals surface area contributed by atoms with Gasteiger partial charge >= 0.3 is 0 Å². The molecule has 0 amide bonds. The van der Waals surface area contributed by atoms with Crippen LogP contribution in [-0.2, 0) is 10.0 Å². The first-order chi connectivity index (χ1) is 5.92. The molecule has 1 aliphatic heterocycles. The zero-order valence-electron chi connectivity index (χ0n) is 8.23. The van der Waals surface area contributed by atoms with Gasteiger partial charge in [0.2, 0.25) is 10.0 Å². The van der Waals surface area contributed by atoms with Gasteiger partial charge in [0.1, 0.15) is 0 Å². The summed E-state index contributed by atoms with van der Waals surface area (Å²) in [6.07, 6.45) is 0.789. The molecular weight excluding hydrogens is 188 g/mol. The fourth-order valence-electron chi connectivity index (χ4n) is 1.53. The van der Waals surface area contributed by atoms with Crippen LogP contribution >= 0.6 is 0 Å². The van der Waals surface area contributed by atoms with Crippen LogP contribution in [0.3, 0.4) is 0 Å². The molecule has 78 valence electrons. The summed E-state index contributed by atoms with van der Waals surface area (Å²) in [5.74, 6) is 0.418. The fourth-order valence-corrected chi connectivity index (χ4v) is 3.39. The Morgan fingerprint density at radius 3 is 2.54 bits per heavy atom. The quantitative estimate of drug-likeness (QED) is 0.707. The zero-order valence-corrected chi connectivity index (χ0v) is 9.05. The second-order valence-electron chi connectivity index (χ2n) is 4.08. The smallest absolute Gasteiger partial charge is 0.214 e. The number of sulfonamides is 1. The van der Waals surface area contributed by atoms with Crippen LogP contribution in [0.15, 0.2) is 0 Å². The molecule has 0 spiro atoms. The predicted octanol–water partition coefficient (Wildman–Crippen LogP) is 0.00520. The van der Waals surface area contributed by atoms with Crippen molar-refractivity contribution < 1.29 is 8.42 Å². The Balaban J connectivity index is 2.60. The van der Waals surface area contributed by atoms with E-state index in [-0.39, 0.29) is 17.7 Å². The van der Waals surface area contributed by atoms with Crippen molar-refractivity contribution in [3.63, 3.8) is 0 Å². The second kappa shape index (κ2) is 3.94. The highest BCUT2D eigenvalue weighted by Gasteiger charge is 2.29. The Hall–Kier alpha value is -0.130. The SMILES string of the molecule is CC(C)CS(=O)(=O)N1CC[C@H](N)C1. The molecule has 0 saturated carbocycles. The first-order valence-corrected chi connectivity index (χ1v) is 6.26. The Kier molecular flexibility index (Phi) is 3.32. The second-order valence-corrected chi connectivity index (χ2v) is 6.09. The van der Waals surface area contributed by atoms with Crippen LogP contribution in [0.4, 0.5) is 0 Å². The third-order valence-electron chi connectivity index (χ3n) is 2.12. The van der Waals surface area contributed by atoms with E-state index in [1.807, 2.05) is 13.8 Å². The Bertz CT molecular complexity index is 261. The average Bonchev–Trinajstić information content (AvgIpc) is 2.32. The van der Waals surface area contributed by atoms with E-state index in [4.69, 9.17) is 5.73 Å². The highest BCUT2D eigenvalue weighted by Crippen LogP contribution is 2.14. The van der Waals surface area contributed by atoms with Gasteiger partial charge in [0.05, 0.1) is 5.75 Å². The molecule has 1 rings (SSSR count). The third kappa shape index (κ3) is 2.93. The lowest BCUT2D eigenvalue weighted by Crippen LogP contribution is -2.34. The minimum Gasteiger partial charge on any atom is -0.326 e. The molecule has 0 unspecified atom stereocenters. The summed E-state index contributed by atoms with van der Waals surface area (Å²) >= 11 is 0. The van der Waals surface area contributed by atoms with Gasteiger partial charge in [-0.1, -0.05) is 13.8 Å². The number of hydrogen-bond donors (Lipinski definition) is 1. The van der Waals surface area contributed by atoms with Gasteiger partial charge in [0.25, 0.3) is 0 Å². The van der Waals surface area contributed by atoms with Crippen LogP contribution in [0.25, 0.3) is 0 Å². The standard InChI is InChI=1S/C8H18N2O2S/c1-7(2)6-13(11,12)10-4-3-8(9)5-10/h7-8H,3-6,9H2,1-2H3/t8-/m0/s1. The number of hydrogen-bond acceptors (Lipinski definition) is 3. The molecular formula is C8H18N2O2S. The molecule has 2 N–H and O–H groups in total. The maximum atomic E-state index is 11.7. The summed E-state index contributed by atoms with van der Waals surface area (Å²) in [6, 6.07) is 0.0296. The summed E-state index contributed by atoms with van der Waals surface area (Å²) in [4.78, 5) is 0. The van der Waals surface area contributed by atoms with Crippen LogP contribution in [0.2, 0.25) is 0 Å². The molecule has 1 atom stereocenters. The van der Waals surface area contributed by atoms with Crippen LogP contribution in [0, 0.1) is 5.92 Å². The van der Waals surface area contributed by atoms with E-state index in [2.05, 4.69) is 0 Å². The predicted molar refractivity (Wildman–Crippen MR) is 52.8 cm³/mol. The highest BCUT2D eigenvalue weighted by molar-refractivity contribution is 7.89. The molecule has 5 heteroatoms. The molecule has 0 aromatic heterocycles. The van der Waals surface area contributed by atoms with Crippen molar-refractivity contribution >= 4 is 10.0 Å². The van der Waals surface area contributed by atoms with E-state index >= 15 is 0 Å². The number of nitrogens with two attached hydrogens (primary N) is 1. The van der Waals surface area contributed by atoms with Crippen molar-refractivity contribution in [3.05, 3.63) is 0 Å². The van der Waals surface area contributed by atoms with E-state index in [1.54, 1.807) is 0 Å². The summed E-state index contributed by atoms with van der Waals surface area (Å²) in [7, 11) is -3.04. The van der Waals surface area contributed by atoms with E-state index in [0.29, 0.717) is 13.1 Å². The van der Waals surface area contributed by atoms with Gasteiger partial charge in [-0.2, -0.15) is 0 Å². The maximum absolute atomic E-state index is 11.7. The highest BCUT2D eigenvalue weighted by atomic mass is 32.2. The van der Waals surface area contributed by atoms with Crippen LogP contribution in [0.1, 0.15) is 20.3 Å². The summed E-state index contributed by atoms with van der Waals surface area (Å²) < 4.78 is 24.8. The molecule has 1 heterocycles. The maximum Gasteiger partial charge on any atom is 0.214 e. The third-order valence-corrected chi connectivity index (χ3v) is 4.33. The lowest BCUT2D eigenvalue weighted by molar-refractivity contribution is 0.465. The lowest BCUT2D eigenvalue weighted by Gasteiger charge is -2.17. The van der Waals surface area contributed by atoms with Crippen molar-refractivity contribution in [2.45, 2.75) is 26.3 Å². The van der Waals surface area contributed by atoms with Gasteiger partial charge in [0.15, 0.2) is 0 Å². The Morgan fingerprint density at radius 1 is 1.54 bits per heavy atom. The van der Waals surface area contributed by atoms with Crippen LogP contribution in [0.5, 0.6) is 0 Å². The number of rotatable bonds is 3. The van der Waals surface area contributed by atoms with Gasteiger partial charge in [-0.05, 0) is 12.3 Å². The van der Waals surface area contributed by atoms with Gasteiger partial charge in [-0.15, -0.1) is 0 Å². The molecule has 0 aromatic rings. The normalized spacial score (nSPS) is 25.7. The van der Waals surface area contributed by atoms with Crippen molar-refractivity contribution in [1.29, 1.82) is 0 Å². The molecule has 0 bridgehead atoms. The molecule has 0 radical (unpaired) electrons. The van der Waals surface area contributed by atoms with Crippen molar-refractivity contribution in [2.75, 3.05) is 18.8 Å². The lowest BCUT2D eigenvalue weighted by atomic mass is 10.3. The minimum absolute atomic E-state index is 0.0296. The molecule has 0 aliphatic carbocycles. The largest absolute Gasteiger partial charge is 0.326 e. The monoisotopic (exact) mass is 206 g/mol. The Labute approximate surface area is 80.1 Å². The van der Waals surface area contributed by atoms with Gasteiger partial charge < -0.3 is 5.73 Å². The fraction of sp³-hybridized carbons (Fsp3) is 1.00. The molecule has 1 fully saturated rings. The molecule has 13 heavy (non-hydrogen) atoms. The zero-order chi connectivity index (χ0) is 10.1. The topological polar surface area (TPSA) is 63.4 Å². The van der Waals surface area contributed by atoms with Crippen molar-refractivity contribution in [2.24, 2.45) is 11.7 Å². The summed E-state index contributed by atoms with van der Waals surface area (Å²) in [6.45, 7) is 4.91. The first-order valence-electron chi connectivity index (χ1n) is 4.65. The number of nitrogens with zero attached hydrogens (tertiary/aromatic N) is 1. The minimum atomic E-state index is -3.04. The molecule has 0 aromatic carbocycles. The van der Waals surface area contributed by atoms with Crippen molar-refractivity contribution in [3.8, 4) is 0 Å². The molecule has 4 nitrogen and oxygen atoms in total. The average molecular weight is 206 g/mol. The first kappa shape index (κ1) is 10.9. The van der Waals surface area contributed by atoms with Gasteiger partial charge in [-0.25, -0.2) is 12.7 Å². The van der Waals surface area contributed by atoms with Gasteiger partial charge in [-0.3, -0.25) is 0 Å². The van der Waals surface area contributed by atoms with Gasteiger partial charge in [0, 0.05) is 19.1 Å².